The van der Waals surface area contributed by atoms with Crippen molar-refractivity contribution in [1.29, 1.82) is 0 Å². The molecule has 3 rings (SSSR count). The zero-order valence-electron chi connectivity index (χ0n) is 10.7. The molecule has 7 heteroatoms. The van der Waals surface area contributed by atoms with E-state index in [4.69, 9.17) is 0 Å². The monoisotopic (exact) mass is 330 g/mol. The van der Waals surface area contributed by atoms with Gasteiger partial charge in [0.15, 0.2) is 5.82 Å². The Morgan fingerprint density at radius 3 is 2.55 bits per heavy atom. The second-order valence-electron chi connectivity index (χ2n) is 3.99. The van der Waals surface area contributed by atoms with E-state index in [1.54, 1.807) is 24.1 Å². The van der Waals surface area contributed by atoms with Crippen molar-refractivity contribution in [3.63, 3.8) is 0 Å². The molecule has 0 spiro atoms. The Labute approximate surface area is 124 Å². The summed E-state index contributed by atoms with van der Waals surface area (Å²) in [5.41, 5.74) is 0.917. The minimum absolute atomic E-state index is 0.479. The van der Waals surface area contributed by atoms with Crippen molar-refractivity contribution in [2.45, 2.75) is 0 Å². The lowest BCUT2D eigenvalue weighted by Crippen LogP contribution is -2.08. The Bertz CT molecular complexity index is 708. The Hall–Kier alpha value is -2.28. The SMILES string of the molecule is CNc1nc(-c2ccc(Br)cc2)nc(-n2cccn2)n1. The number of nitrogens with one attached hydrogen (secondary N) is 1. The van der Waals surface area contributed by atoms with Crippen LogP contribution in [0.1, 0.15) is 0 Å². The second-order valence-corrected chi connectivity index (χ2v) is 4.91. The quantitative estimate of drug-likeness (QED) is 0.799. The van der Waals surface area contributed by atoms with Crippen LogP contribution in [0.2, 0.25) is 0 Å². The number of anilines is 1. The number of benzene rings is 1. The largest absolute Gasteiger partial charge is 0.357 e. The summed E-state index contributed by atoms with van der Waals surface area (Å²) in [6.07, 6.45) is 3.47. The van der Waals surface area contributed by atoms with Gasteiger partial charge in [-0.05, 0) is 18.2 Å². The fraction of sp³-hybridized carbons (Fsp3) is 0.0769. The molecule has 0 aliphatic carbocycles. The van der Waals surface area contributed by atoms with Gasteiger partial charge in [-0.3, -0.25) is 0 Å². The molecule has 2 aromatic heterocycles. The van der Waals surface area contributed by atoms with Crippen molar-refractivity contribution >= 4 is 21.9 Å². The van der Waals surface area contributed by atoms with Gasteiger partial charge in [0.25, 0.3) is 5.95 Å². The Balaban J connectivity index is 2.11. The van der Waals surface area contributed by atoms with Crippen molar-refractivity contribution < 1.29 is 0 Å². The molecule has 0 atom stereocenters. The van der Waals surface area contributed by atoms with E-state index < -0.39 is 0 Å². The fourth-order valence-corrected chi connectivity index (χ4v) is 1.96. The molecule has 2 heterocycles. The number of rotatable bonds is 3. The molecule has 0 fully saturated rings. The average molecular weight is 331 g/mol. The lowest BCUT2D eigenvalue weighted by atomic mass is 10.2. The van der Waals surface area contributed by atoms with Gasteiger partial charge in [0.2, 0.25) is 5.95 Å². The summed E-state index contributed by atoms with van der Waals surface area (Å²) in [7, 11) is 1.77. The van der Waals surface area contributed by atoms with Crippen molar-refractivity contribution in [2.75, 3.05) is 12.4 Å². The highest BCUT2D eigenvalue weighted by Crippen LogP contribution is 2.20. The first-order valence-electron chi connectivity index (χ1n) is 5.96. The summed E-state index contributed by atoms with van der Waals surface area (Å²) >= 11 is 3.41. The molecule has 0 unspecified atom stereocenters. The Morgan fingerprint density at radius 1 is 1.10 bits per heavy atom. The molecule has 20 heavy (non-hydrogen) atoms. The zero-order chi connectivity index (χ0) is 13.9. The Kier molecular flexibility index (Phi) is 3.42. The van der Waals surface area contributed by atoms with Gasteiger partial charge in [0.1, 0.15) is 0 Å². The van der Waals surface area contributed by atoms with Crippen LogP contribution in [0, 0.1) is 0 Å². The van der Waals surface area contributed by atoms with Gasteiger partial charge in [0.05, 0.1) is 0 Å². The maximum Gasteiger partial charge on any atom is 0.255 e. The summed E-state index contributed by atoms with van der Waals surface area (Å²) in [5.74, 6) is 1.58. The van der Waals surface area contributed by atoms with Crippen LogP contribution in [0.4, 0.5) is 5.95 Å². The first kappa shape index (κ1) is 12.7. The van der Waals surface area contributed by atoms with Crippen molar-refractivity contribution in [2.24, 2.45) is 0 Å². The molecule has 0 saturated heterocycles. The number of halogens is 1. The smallest absolute Gasteiger partial charge is 0.255 e. The van der Waals surface area contributed by atoms with Gasteiger partial charge < -0.3 is 5.32 Å². The standard InChI is InChI=1S/C13H11BrN6/c1-15-12-17-11(9-3-5-10(14)6-4-9)18-13(19-12)20-8-2-7-16-20/h2-8H,1H3,(H,15,17,18,19). The van der Waals surface area contributed by atoms with Crippen molar-refractivity contribution in [3.05, 3.63) is 47.2 Å². The third-order valence-corrected chi connectivity index (χ3v) is 3.19. The number of aromatic nitrogens is 5. The highest BCUT2D eigenvalue weighted by atomic mass is 79.9. The number of hydrogen-bond donors (Lipinski definition) is 1. The first-order valence-corrected chi connectivity index (χ1v) is 6.75. The lowest BCUT2D eigenvalue weighted by molar-refractivity contribution is 0.800. The summed E-state index contributed by atoms with van der Waals surface area (Å²) in [5, 5.41) is 7.08. The van der Waals surface area contributed by atoms with Crippen molar-refractivity contribution in [1.82, 2.24) is 24.7 Å². The van der Waals surface area contributed by atoms with Crippen LogP contribution in [0.5, 0.6) is 0 Å². The molecule has 1 aromatic carbocycles. The maximum absolute atomic E-state index is 4.45. The number of hydrogen-bond acceptors (Lipinski definition) is 5. The molecule has 0 amide bonds. The summed E-state index contributed by atoms with van der Waals surface area (Å²) in [6.45, 7) is 0. The lowest BCUT2D eigenvalue weighted by Gasteiger charge is -2.06. The highest BCUT2D eigenvalue weighted by Gasteiger charge is 2.09. The van der Waals surface area contributed by atoms with Crippen LogP contribution >= 0.6 is 15.9 Å². The van der Waals surface area contributed by atoms with Crippen LogP contribution in [0.25, 0.3) is 17.3 Å². The van der Waals surface area contributed by atoms with E-state index >= 15 is 0 Å². The predicted octanol–water partition coefficient (Wildman–Crippen LogP) is 2.53. The molecule has 0 aliphatic heterocycles. The van der Waals surface area contributed by atoms with Crippen LogP contribution in [-0.4, -0.2) is 31.8 Å². The zero-order valence-corrected chi connectivity index (χ0v) is 12.2. The maximum atomic E-state index is 4.45. The molecular weight excluding hydrogens is 320 g/mol. The van der Waals surface area contributed by atoms with Crippen LogP contribution in [0.3, 0.4) is 0 Å². The second kappa shape index (κ2) is 5.38. The molecule has 0 saturated carbocycles. The molecule has 3 aromatic rings. The third-order valence-electron chi connectivity index (χ3n) is 2.66. The van der Waals surface area contributed by atoms with Crippen LogP contribution in [-0.2, 0) is 0 Å². The minimum Gasteiger partial charge on any atom is -0.357 e. The van der Waals surface area contributed by atoms with Crippen molar-refractivity contribution in [3.8, 4) is 17.3 Å². The summed E-state index contributed by atoms with van der Waals surface area (Å²) in [6, 6.07) is 9.62. The summed E-state index contributed by atoms with van der Waals surface area (Å²) < 4.78 is 2.61. The number of nitrogens with zero attached hydrogens (tertiary/aromatic N) is 5. The van der Waals surface area contributed by atoms with E-state index in [1.165, 1.54) is 0 Å². The van der Waals surface area contributed by atoms with Crippen LogP contribution < -0.4 is 5.32 Å². The topological polar surface area (TPSA) is 68.5 Å². The van der Waals surface area contributed by atoms with Crippen LogP contribution in [0.15, 0.2) is 47.2 Å². The van der Waals surface area contributed by atoms with Gasteiger partial charge in [0, 0.05) is 29.5 Å². The molecule has 0 aliphatic rings. The minimum atomic E-state index is 0.479. The van der Waals surface area contributed by atoms with E-state index in [9.17, 15) is 0 Å². The highest BCUT2D eigenvalue weighted by molar-refractivity contribution is 9.10. The summed E-state index contributed by atoms with van der Waals surface area (Å²) in [4.78, 5) is 13.1. The van der Waals surface area contributed by atoms with E-state index in [1.807, 2.05) is 30.3 Å². The Morgan fingerprint density at radius 2 is 1.90 bits per heavy atom. The molecule has 100 valence electrons. The van der Waals surface area contributed by atoms with E-state index in [2.05, 4.69) is 41.3 Å². The molecule has 0 bridgehead atoms. The molecular formula is C13H11BrN6. The van der Waals surface area contributed by atoms with Gasteiger partial charge in [-0.25, -0.2) is 4.68 Å². The molecule has 0 radical (unpaired) electrons. The molecule has 6 nitrogen and oxygen atoms in total. The fourth-order valence-electron chi connectivity index (χ4n) is 1.69. The average Bonchev–Trinajstić information content (AvgIpc) is 3.02. The van der Waals surface area contributed by atoms with Gasteiger partial charge in [-0.2, -0.15) is 20.1 Å². The van der Waals surface area contributed by atoms with Gasteiger partial charge >= 0.3 is 0 Å². The van der Waals surface area contributed by atoms with E-state index in [-0.39, 0.29) is 0 Å². The normalized spacial score (nSPS) is 10.5. The van der Waals surface area contributed by atoms with Gasteiger partial charge in [-0.15, -0.1) is 0 Å². The first-order chi connectivity index (χ1) is 9.76. The molecule has 1 N–H and O–H groups in total. The van der Waals surface area contributed by atoms with Gasteiger partial charge in [-0.1, -0.05) is 28.1 Å². The predicted molar refractivity (Wildman–Crippen MR) is 79.6 cm³/mol. The van der Waals surface area contributed by atoms with E-state index in [0.717, 1.165) is 10.0 Å². The van der Waals surface area contributed by atoms with E-state index in [0.29, 0.717) is 17.7 Å². The third kappa shape index (κ3) is 2.53.